The molecular formula is C32H30F6N4O4. The highest BCUT2D eigenvalue weighted by Crippen LogP contribution is 2.66. The second-order valence-corrected chi connectivity index (χ2v) is 10.4. The zero-order valence-electron chi connectivity index (χ0n) is 24.8. The minimum atomic E-state index is -4.60. The van der Waals surface area contributed by atoms with E-state index in [0.29, 0.717) is 11.4 Å². The summed E-state index contributed by atoms with van der Waals surface area (Å²) in [6.45, 7) is 0.565. The first kappa shape index (κ1) is 32.8. The molecule has 244 valence electrons. The fourth-order valence-electron chi connectivity index (χ4n) is 5.69. The van der Waals surface area contributed by atoms with E-state index in [2.05, 4.69) is 19.9 Å². The van der Waals surface area contributed by atoms with Crippen LogP contribution in [0.25, 0.3) is 0 Å². The highest BCUT2D eigenvalue weighted by molar-refractivity contribution is 5.47. The molecule has 4 aromatic rings. The molecule has 0 atom stereocenters. The molecule has 0 unspecified atom stereocenters. The van der Waals surface area contributed by atoms with Gasteiger partial charge in [0.2, 0.25) is 11.8 Å². The van der Waals surface area contributed by atoms with E-state index in [0.717, 1.165) is 11.1 Å². The smallest absolute Gasteiger partial charge is 0.422 e. The minimum Gasteiger partial charge on any atom is -0.468 e. The lowest BCUT2D eigenvalue weighted by molar-refractivity contribution is -0.154. The Kier molecular flexibility index (Phi) is 9.82. The van der Waals surface area contributed by atoms with Gasteiger partial charge in [0.05, 0.1) is 24.6 Å². The van der Waals surface area contributed by atoms with Gasteiger partial charge in [-0.05, 0) is 25.0 Å². The van der Waals surface area contributed by atoms with Crippen LogP contribution in [0.4, 0.5) is 26.3 Å². The van der Waals surface area contributed by atoms with Crippen molar-refractivity contribution in [2.75, 3.05) is 26.4 Å². The highest BCUT2D eigenvalue weighted by Gasteiger charge is 2.54. The van der Waals surface area contributed by atoms with Gasteiger partial charge in [-0.15, -0.1) is 0 Å². The van der Waals surface area contributed by atoms with Crippen LogP contribution in [0.3, 0.4) is 0 Å². The van der Waals surface area contributed by atoms with Crippen molar-refractivity contribution < 1.29 is 45.3 Å². The Morgan fingerprint density at radius 2 is 0.891 bits per heavy atom. The topological polar surface area (TPSA) is 88.5 Å². The Morgan fingerprint density at radius 1 is 0.522 bits per heavy atom. The second-order valence-electron chi connectivity index (χ2n) is 10.4. The molecule has 46 heavy (non-hydrogen) atoms. The second kappa shape index (κ2) is 13.8. The van der Waals surface area contributed by atoms with Crippen LogP contribution < -0.4 is 18.9 Å². The summed E-state index contributed by atoms with van der Waals surface area (Å²) in [4.78, 5) is 17.2. The van der Waals surface area contributed by atoms with Crippen LogP contribution in [0.2, 0.25) is 0 Å². The Labute approximate surface area is 260 Å². The third-order valence-electron chi connectivity index (χ3n) is 7.32. The van der Waals surface area contributed by atoms with E-state index in [9.17, 15) is 26.3 Å². The van der Waals surface area contributed by atoms with Crippen molar-refractivity contribution in [3.63, 3.8) is 0 Å². The molecule has 0 aliphatic heterocycles. The normalized spacial score (nSPS) is 19.7. The average molecular weight is 649 g/mol. The number of aromatic nitrogens is 4. The van der Waals surface area contributed by atoms with E-state index in [1.54, 1.807) is 13.8 Å². The molecule has 2 aromatic heterocycles. The van der Waals surface area contributed by atoms with Crippen LogP contribution in [0.15, 0.2) is 72.8 Å². The van der Waals surface area contributed by atoms with Crippen LogP contribution in [-0.4, -0.2) is 58.7 Å². The van der Waals surface area contributed by atoms with Crippen molar-refractivity contribution in [3.8, 4) is 23.8 Å². The molecule has 14 heteroatoms. The van der Waals surface area contributed by atoms with Crippen LogP contribution in [-0.2, 0) is 0 Å². The van der Waals surface area contributed by atoms with Crippen LogP contribution in [0.1, 0.15) is 60.0 Å². The van der Waals surface area contributed by atoms with Crippen LogP contribution >= 0.6 is 0 Å². The zero-order chi connectivity index (χ0) is 32.9. The number of rotatable bonds is 12. The molecule has 5 rings (SSSR count). The fraction of sp³-hybridized carbons (Fsp3) is 0.375. The molecule has 0 N–H and O–H groups in total. The standard InChI is InChI=1S/C32H30F6N4O4/c1-3-43-29-39-21(15-23(41-29)45-17-31(33,34)35)27-25(19-11-7-5-8-12-19)28(26(27)20-13-9-6-10-14-20)22-16-24(46-18-32(36,37)38)42-30(40-22)44-4-2/h5-16,25-28H,3-4,17-18H2,1-2H3. The zero-order valence-corrected chi connectivity index (χ0v) is 24.8. The third kappa shape index (κ3) is 7.96. The summed E-state index contributed by atoms with van der Waals surface area (Å²) in [6.07, 6.45) is -9.20. The van der Waals surface area contributed by atoms with Crippen LogP contribution in [0, 0.1) is 0 Å². The van der Waals surface area contributed by atoms with Gasteiger partial charge in [0.25, 0.3) is 0 Å². The summed E-state index contributed by atoms with van der Waals surface area (Å²) in [5.74, 6) is -2.39. The summed E-state index contributed by atoms with van der Waals surface area (Å²) in [5.41, 5.74) is 2.41. The van der Waals surface area contributed by atoms with Gasteiger partial charge in [-0.1, -0.05) is 60.7 Å². The summed E-state index contributed by atoms with van der Waals surface area (Å²) in [7, 11) is 0. The Hall–Kier alpha value is -4.62. The van der Waals surface area contributed by atoms with Gasteiger partial charge in [0.1, 0.15) is 0 Å². The lowest BCUT2D eigenvalue weighted by atomic mass is 9.50. The lowest BCUT2D eigenvalue weighted by Gasteiger charge is -2.52. The number of benzene rings is 2. The molecule has 1 aliphatic rings. The van der Waals surface area contributed by atoms with Crippen molar-refractivity contribution in [2.45, 2.75) is 49.9 Å². The largest absolute Gasteiger partial charge is 0.468 e. The lowest BCUT2D eigenvalue weighted by Crippen LogP contribution is -2.41. The van der Waals surface area contributed by atoms with E-state index in [-0.39, 0.29) is 37.0 Å². The summed E-state index contributed by atoms with van der Waals surface area (Å²) < 4.78 is 99.5. The first-order valence-electron chi connectivity index (χ1n) is 14.5. The quantitative estimate of drug-likeness (QED) is 0.147. The summed E-state index contributed by atoms with van der Waals surface area (Å²) in [5, 5.41) is 0. The molecule has 2 heterocycles. The van der Waals surface area contributed by atoms with E-state index in [1.807, 2.05) is 60.7 Å². The van der Waals surface area contributed by atoms with Crippen LogP contribution in [0.5, 0.6) is 23.8 Å². The van der Waals surface area contributed by atoms with Crippen molar-refractivity contribution in [1.82, 2.24) is 19.9 Å². The number of hydrogen-bond donors (Lipinski definition) is 0. The van der Waals surface area contributed by atoms with Crippen molar-refractivity contribution >= 4 is 0 Å². The monoisotopic (exact) mass is 648 g/mol. The van der Waals surface area contributed by atoms with Gasteiger partial charge in [0.15, 0.2) is 13.2 Å². The molecule has 0 amide bonds. The molecular weight excluding hydrogens is 618 g/mol. The molecule has 1 saturated carbocycles. The van der Waals surface area contributed by atoms with Gasteiger partial charge in [-0.3, -0.25) is 0 Å². The maximum atomic E-state index is 13.1. The molecule has 0 spiro atoms. The van der Waals surface area contributed by atoms with Gasteiger partial charge in [-0.2, -0.15) is 46.3 Å². The first-order chi connectivity index (χ1) is 22.0. The van der Waals surface area contributed by atoms with E-state index in [4.69, 9.17) is 18.9 Å². The van der Waals surface area contributed by atoms with Gasteiger partial charge >= 0.3 is 24.4 Å². The van der Waals surface area contributed by atoms with Gasteiger partial charge in [-0.25, -0.2) is 0 Å². The summed E-state index contributed by atoms with van der Waals surface area (Å²) >= 11 is 0. The van der Waals surface area contributed by atoms with Crippen molar-refractivity contribution in [3.05, 3.63) is 95.3 Å². The molecule has 0 radical (unpaired) electrons. The van der Waals surface area contributed by atoms with Gasteiger partial charge in [0, 0.05) is 35.8 Å². The average Bonchev–Trinajstić information content (AvgIpc) is 2.99. The number of alkyl halides is 6. The van der Waals surface area contributed by atoms with E-state index >= 15 is 0 Å². The summed E-state index contributed by atoms with van der Waals surface area (Å²) in [6, 6.07) is 21.0. The van der Waals surface area contributed by atoms with E-state index in [1.165, 1.54) is 12.1 Å². The molecule has 0 bridgehead atoms. The maximum Gasteiger partial charge on any atom is 0.422 e. The SMILES string of the molecule is CCOc1nc(OCC(F)(F)F)cc(C2C(c3ccccc3)C(c3cc(OCC(F)(F)F)nc(OCC)n3)C2c2ccccc2)n1. The minimum absolute atomic E-state index is 0.150. The first-order valence-corrected chi connectivity index (χ1v) is 14.5. The number of nitrogens with zero attached hydrogens (tertiary/aromatic N) is 4. The molecule has 8 nitrogen and oxygen atoms in total. The molecule has 2 aromatic carbocycles. The Balaban J connectivity index is 1.67. The van der Waals surface area contributed by atoms with Crippen molar-refractivity contribution in [1.29, 1.82) is 0 Å². The molecule has 1 aliphatic carbocycles. The van der Waals surface area contributed by atoms with Gasteiger partial charge < -0.3 is 18.9 Å². The predicted molar refractivity (Wildman–Crippen MR) is 153 cm³/mol. The van der Waals surface area contributed by atoms with E-state index < -0.39 is 49.2 Å². The maximum absolute atomic E-state index is 13.1. The number of hydrogen-bond acceptors (Lipinski definition) is 8. The van der Waals surface area contributed by atoms with Crippen molar-refractivity contribution in [2.24, 2.45) is 0 Å². The Morgan fingerprint density at radius 3 is 1.22 bits per heavy atom. The highest BCUT2D eigenvalue weighted by atomic mass is 19.4. The Bertz CT molecular complexity index is 1460. The third-order valence-corrected chi connectivity index (χ3v) is 7.32. The molecule has 0 saturated heterocycles. The number of ether oxygens (including phenoxy) is 4. The predicted octanol–water partition coefficient (Wildman–Crippen LogP) is 7.39. The number of halogens is 6. The molecule has 1 fully saturated rings. The fourth-order valence-corrected chi connectivity index (χ4v) is 5.69.